The van der Waals surface area contributed by atoms with E-state index in [2.05, 4.69) is 10.4 Å². The standard InChI is InChI=1S/C18H17N3O/c1-13-8-10-15(11-9-13)18(22)19-17-12-16(20-21(17)2)14-6-4-3-5-7-14/h3-12H,1-2H3,(H,19,22). The summed E-state index contributed by atoms with van der Waals surface area (Å²) >= 11 is 0. The van der Waals surface area contributed by atoms with Crippen molar-refractivity contribution in [3.63, 3.8) is 0 Å². The van der Waals surface area contributed by atoms with Crippen molar-refractivity contribution in [2.75, 3.05) is 5.32 Å². The normalized spacial score (nSPS) is 10.5. The van der Waals surface area contributed by atoms with Crippen LogP contribution in [0.4, 0.5) is 5.82 Å². The molecule has 1 aromatic heterocycles. The molecule has 0 saturated heterocycles. The molecule has 1 amide bonds. The Kier molecular flexibility index (Phi) is 3.74. The van der Waals surface area contributed by atoms with Gasteiger partial charge in [0.15, 0.2) is 0 Å². The van der Waals surface area contributed by atoms with E-state index in [9.17, 15) is 4.79 Å². The molecule has 4 heteroatoms. The van der Waals surface area contributed by atoms with Crippen LogP contribution >= 0.6 is 0 Å². The van der Waals surface area contributed by atoms with E-state index in [1.807, 2.05) is 74.6 Å². The van der Waals surface area contributed by atoms with Crippen molar-refractivity contribution >= 4 is 11.7 Å². The second kappa shape index (κ2) is 5.85. The molecule has 2 aromatic carbocycles. The number of aromatic nitrogens is 2. The van der Waals surface area contributed by atoms with Gasteiger partial charge in [0.25, 0.3) is 5.91 Å². The SMILES string of the molecule is Cc1ccc(C(=O)Nc2cc(-c3ccccc3)nn2C)cc1. The van der Waals surface area contributed by atoms with Crippen LogP contribution in [0.15, 0.2) is 60.7 Å². The van der Waals surface area contributed by atoms with Crippen molar-refractivity contribution in [3.8, 4) is 11.3 Å². The first-order chi connectivity index (χ1) is 10.6. The summed E-state index contributed by atoms with van der Waals surface area (Å²) in [5.74, 6) is 0.534. The summed E-state index contributed by atoms with van der Waals surface area (Å²) in [6, 6.07) is 19.2. The molecule has 0 bridgehead atoms. The van der Waals surface area contributed by atoms with Gasteiger partial charge in [-0.3, -0.25) is 9.48 Å². The van der Waals surface area contributed by atoms with Crippen molar-refractivity contribution in [3.05, 3.63) is 71.8 Å². The number of rotatable bonds is 3. The van der Waals surface area contributed by atoms with Crippen LogP contribution in [0, 0.1) is 6.92 Å². The molecule has 0 atom stereocenters. The number of hydrogen-bond acceptors (Lipinski definition) is 2. The minimum atomic E-state index is -0.136. The van der Waals surface area contributed by atoms with Crippen molar-refractivity contribution < 1.29 is 4.79 Å². The van der Waals surface area contributed by atoms with Crippen LogP contribution in [0.1, 0.15) is 15.9 Å². The minimum absolute atomic E-state index is 0.136. The first-order valence-corrected chi connectivity index (χ1v) is 7.11. The van der Waals surface area contributed by atoms with Gasteiger partial charge in [0.1, 0.15) is 5.82 Å². The van der Waals surface area contributed by atoms with E-state index < -0.39 is 0 Å². The lowest BCUT2D eigenvalue weighted by molar-refractivity contribution is 0.102. The van der Waals surface area contributed by atoms with Crippen LogP contribution < -0.4 is 5.32 Å². The van der Waals surface area contributed by atoms with Gasteiger partial charge in [-0.1, -0.05) is 48.0 Å². The predicted molar refractivity (Wildman–Crippen MR) is 87.8 cm³/mol. The van der Waals surface area contributed by atoms with Gasteiger partial charge < -0.3 is 5.32 Å². The average molecular weight is 291 g/mol. The van der Waals surface area contributed by atoms with Gasteiger partial charge in [0.05, 0.1) is 5.69 Å². The van der Waals surface area contributed by atoms with E-state index in [4.69, 9.17) is 0 Å². The number of carbonyl (C=O) groups is 1. The predicted octanol–water partition coefficient (Wildman–Crippen LogP) is 3.65. The Morgan fingerprint density at radius 1 is 1.05 bits per heavy atom. The highest BCUT2D eigenvalue weighted by Gasteiger charge is 2.11. The molecular weight excluding hydrogens is 274 g/mol. The summed E-state index contributed by atoms with van der Waals surface area (Å²) in [7, 11) is 1.82. The molecule has 0 radical (unpaired) electrons. The van der Waals surface area contributed by atoms with Crippen molar-refractivity contribution in [2.45, 2.75) is 6.92 Å². The second-order valence-electron chi connectivity index (χ2n) is 5.22. The van der Waals surface area contributed by atoms with Gasteiger partial charge in [-0.2, -0.15) is 5.10 Å². The second-order valence-corrected chi connectivity index (χ2v) is 5.22. The molecule has 0 unspecified atom stereocenters. The first kappa shape index (κ1) is 14.1. The smallest absolute Gasteiger partial charge is 0.256 e. The van der Waals surface area contributed by atoms with Crippen molar-refractivity contribution in [1.29, 1.82) is 0 Å². The van der Waals surface area contributed by atoms with Crippen LogP contribution in [0.3, 0.4) is 0 Å². The van der Waals surface area contributed by atoms with Crippen LogP contribution in [0.5, 0.6) is 0 Å². The fourth-order valence-electron chi connectivity index (χ4n) is 2.23. The van der Waals surface area contributed by atoms with E-state index in [0.29, 0.717) is 11.4 Å². The molecule has 3 aromatic rings. The highest BCUT2D eigenvalue weighted by Crippen LogP contribution is 2.21. The number of nitrogens with one attached hydrogen (secondary N) is 1. The fourth-order valence-corrected chi connectivity index (χ4v) is 2.23. The molecule has 3 rings (SSSR count). The van der Waals surface area contributed by atoms with Crippen LogP contribution in [-0.4, -0.2) is 15.7 Å². The first-order valence-electron chi connectivity index (χ1n) is 7.11. The number of benzene rings is 2. The molecule has 0 aliphatic rings. The summed E-state index contributed by atoms with van der Waals surface area (Å²) in [6.45, 7) is 1.99. The molecule has 4 nitrogen and oxygen atoms in total. The molecule has 0 spiro atoms. The quantitative estimate of drug-likeness (QED) is 0.800. The Morgan fingerprint density at radius 3 is 2.41 bits per heavy atom. The molecule has 0 aliphatic carbocycles. The molecule has 1 N–H and O–H groups in total. The van der Waals surface area contributed by atoms with E-state index in [1.165, 1.54) is 0 Å². The Hall–Kier alpha value is -2.88. The lowest BCUT2D eigenvalue weighted by atomic mass is 10.1. The fraction of sp³-hybridized carbons (Fsp3) is 0.111. The van der Waals surface area contributed by atoms with Crippen molar-refractivity contribution in [2.24, 2.45) is 7.05 Å². The Labute approximate surface area is 129 Å². The number of hydrogen-bond donors (Lipinski definition) is 1. The number of anilines is 1. The number of amides is 1. The number of carbonyl (C=O) groups excluding carboxylic acids is 1. The van der Waals surface area contributed by atoms with Gasteiger partial charge in [0.2, 0.25) is 0 Å². The van der Waals surface area contributed by atoms with Crippen molar-refractivity contribution in [1.82, 2.24) is 9.78 Å². The summed E-state index contributed by atoms with van der Waals surface area (Å²) in [4.78, 5) is 12.3. The Bertz CT molecular complexity index is 789. The Morgan fingerprint density at radius 2 is 1.73 bits per heavy atom. The highest BCUT2D eigenvalue weighted by molar-refractivity contribution is 6.04. The lowest BCUT2D eigenvalue weighted by Crippen LogP contribution is -2.14. The van der Waals surface area contributed by atoms with E-state index in [-0.39, 0.29) is 5.91 Å². The van der Waals surface area contributed by atoms with Gasteiger partial charge in [-0.05, 0) is 19.1 Å². The van der Waals surface area contributed by atoms with Gasteiger partial charge >= 0.3 is 0 Å². The monoisotopic (exact) mass is 291 g/mol. The van der Waals surface area contributed by atoms with E-state index >= 15 is 0 Å². The third-order valence-electron chi connectivity index (χ3n) is 3.50. The molecule has 22 heavy (non-hydrogen) atoms. The maximum absolute atomic E-state index is 12.3. The molecule has 0 saturated carbocycles. The molecule has 1 heterocycles. The van der Waals surface area contributed by atoms with Crippen LogP contribution in [0.2, 0.25) is 0 Å². The third-order valence-corrected chi connectivity index (χ3v) is 3.50. The van der Waals surface area contributed by atoms with Gasteiger partial charge in [-0.25, -0.2) is 0 Å². The lowest BCUT2D eigenvalue weighted by Gasteiger charge is -2.05. The van der Waals surface area contributed by atoms with Crippen LogP contribution in [0.25, 0.3) is 11.3 Å². The maximum Gasteiger partial charge on any atom is 0.256 e. The number of aryl methyl sites for hydroxylation is 2. The van der Waals surface area contributed by atoms with Crippen LogP contribution in [-0.2, 0) is 7.05 Å². The topological polar surface area (TPSA) is 46.9 Å². The summed E-state index contributed by atoms with van der Waals surface area (Å²) < 4.78 is 1.68. The average Bonchev–Trinajstić information content (AvgIpc) is 2.90. The molecule has 110 valence electrons. The highest BCUT2D eigenvalue weighted by atomic mass is 16.1. The summed E-state index contributed by atoms with van der Waals surface area (Å²) in [5, 5.41) is 7.34. The molecule has 0 aliphatic heterocycles. The third kappa shape index (κ3) is 2.91. The van der Waals surface area contributed by atoms with E-state index in [0.717, 1.165) is 16.8 Å². The minimum Gasteiger partial charge on any atom is -0.307 e. The summed E-state index contributed by atoms with van der Waals surface area (Å²) in [6.07, 6.45) is 0. The zero-order valence-corrected chi connectivity index (χ0v) is 12.6. The van der Waals surface area contributed by atoms with Gasteiger partial charge in [0, 0.05) is 24.2 Å². The largest absolute Gasteiger partial charge is 0.307 e. The summed E-state index contributed by atoms with van der Waals surface area (Å²) in [5.41, 5.74) is 3.62. The maximum atomic E-state index is 12.3. The zero-order valence-electron chi connectivity index (χ0n) is 12.6. The molecule has 0 fully saturated rings. The number of nitrogens with zero attached hydrogens (tertiary/aromatic N) is 2. The molecular formula is C18H17N3O. The zero-order chi connectivity index (χ0) is 15.5. The Balaban J connectivity index is 1.82. The van der Waals surface area contributed by atoms with Gasteiger partial charge in [-0.15, -0.1) is 0 Å². The van der Waals surface area contributed by atoms with E-state index in [1.54, 1.807) is 4.68 Å².